The highest BCUT2D eigenvalue weighted by Gasteiger charge is 2.28. The quantitative estimate of drug-likeness (QED) is 0.698. The van der Waals surface area contributed by atoms with Crippen molar-refractivity contribution in [3.8, 4) is 0 Å². The summed E-state index contributed by atoms with van der Waals surface area (Å²) >= 11 is 0. The van der Waals surface area contributed by atoms with Crippen LogP contribution in [0, 0.1) is 0 Å². The molecule has 0 radical (unpaired) electrons. The van der Waals surface area contributed by atoms with Gasteiger partial charge in [0.15, 0.2) is 0 Å². The number of pyridine rings is 1. The smallest absolute Gasteiger partial charge is 0.339 e. The number of carbonyl (C=O) groups is 1. The predicted octanol–water partition coefficient (Wildman–Crippen LogP) is 1.48. The van der Waals surface area contributed by atoms with Gasteiger partial charge in [-0.1, -0.05) is 0 Å². The Morgan fingerprint density at radius 3 is 2.74 bits per heavy atom. The van der Waals surface area contributed by atoms with Crippen molar-refractivity contribution in [1.82, 2.24) is 9.88 Å². The Hall–Kier alpha value is -1.46. The third-order valence-electron chi connectivity index (χ3n) is 3.26. The summed E-state index contributed by atoms with van der Waals surface area (Å²) in [4.78, 5) is 18.0. The molecule has 1 aliphatic carbocycles. The molecule has 104 valence electrons. The van der Waals surface area contributed by atoms with Crippen LogP contribution in [-0.2, 0) is 16.0 Å². The molecule has 0 saturated heterocycles. The molecule has 5 heteroatoms. The molecule has 0 atom stereocenters. The Morgan fingerprint density at radius 1 is 1.42 bits per heavy atom. The first kappa shape index (κ1) is 14.0. The molecule has 1 aromatic rings. The SMILES string of the molecule is COCCN(Cc1ccc(C(=O)OC)cn1)C1CC1. The lowest BCUT2D eigenvalue weighted by atomic mass is 10.2. The summed E-state index contributed by atoms with van der Waals surface area (Å²) in [5.41, 5.74) is 1.46. The molecular weight excluding hydrogens is 244 g/mol. The van der Waals surface area contributed by atoms with Gasteiger partial charge in [-0.05, 0) is 25.0 Å². The Kier molecular flexibility index (Phi) is 4.87. The summed E-state index contributed by atoms with van der Waals surface area (Å²) in [6.07, 6.45) is 4.08. The highest BCUT2D eigenvalue weighted by Crippen LogP contribution is 2.27. The van der Waals surface area contributed by atoms with E-state index in [1.54, 1.807) is 19.4 Å². The van der Waals surface area contributed by atoms with E-state index in [2.05, 4.69) is 14.6 Å². The van der Waals surface area contributed by atoms with E-state index in [9.17, 15) is 4.79 Å². The van der Waals surface area contributed by atoms with Crippen molar-refractivity contribution in [2.24, 2.45) is 0 Å². The van der Waals surface area contributed by atoms with E-state index in [1.807, 2.05) is 6.07 Å². The van der Waals surface area contributed by atoms with E-state index < -0.39 is 0 Å². The van der Waals surface area contributed by atoms with Gasteiger partial charge in [0.25, 0.3) is 0 Å². The second-order valence-electron chi connectivity index (χ2n) is 4.72. The molecule has 1 heterocycles. The van der Waals surface area contributed by atoms with Crippen LogP contribution in [0.25, 0.3) is 0 Å². The molecule has 1 fully saturated rings. The number of aromatic nitrogens is 1. The number of carbonyl (C=O) groups excluding carboxylic acids is 1. The zero-order valence-corrected chi connectivity index (χ0v) is 11.5. The molecule has 2 rings (SSSR count). The molecule has 0 amide bonds. The van der Waals surface area contributed by atoms with Crippen molar-refractivity contribution >= 4 is 5.97 Å². The number of hydrogen-bond donors (Lipinski definition) is 0. The molecule has 0 spiro atoms. The summed E-state index contributed by atoms with van der Waals surface area (Å²) < 4.78 is 9.78. The summed E-state index contributed by atoms with van der Waals surface area (Å²) in [6, 6.07) is 4.31. The lowest BCUT2D eigenvalue weighted by Crippen LogP contribution is -2.29. The Morgan fingerprint density at radius 2 is 2.21 bits per heavy atom. The molecule has 19 heavy (non-hydrogen) atoms. The number of hydrogen-bond acceptors (Lipinski definition) is 5. The number of methoxy groups -OCH3 is 2. The van der Waals surface area contributed by atoms with E-state index in [4.69, 9.17) is 4.74 Å². The maximum atomic E-state index is 11.3. The number of nitrogens with zero attached hydrogens (tertiary/aromatic N) is 2. The number of rotatable bonds is 7. The second-order valence-corrected chi connectivity index (χ2v) is 4.72. The van der Waals surface area contributed by atoms with Crippen molar-refractivity contribution < 1.29 is 14.3 Å². The highest BCUT2D eigenvalue weighted by molar-refractivity contribution is 5.88. The molecule has 0 unspecified atom stereocenters. The highest BCUT2D eigenvalue weighted by atomic mass is 16.5. The number of esters is 1. The van der Waals surface area contributed by atoms with Crippen LogP contribution in [0.3, 0.4) is 0 Å². The zero-order chi connectivity index (χ0) is 13.7. The minimum Gasteiger partial charge on any atom is -0.465 e. The summed E-state index contributed by atoms with van der Waals surface area (Å²) in [5.74, 6) is -0.350. The Balaban J connectivity index is 1.95. The Labute approximate surface area is 113 Å². The van der Waals surface area contributed by atoms with Gasteiger partial charge in [0, 0.05) is 32.4 Å². The largest absolute Gasteiger partial charge is 0.465 e. The lowest BCUT2D eigenvalue weighted by molar-refractivity contribution is 0.0600. The van der Waals surface area contributed by atoms with Crippen molar-refractivity contribution in [2.45, 2.75) is 25.4 Å². The minimum absolute atomic E-state index is 0.350. The topological polar surface area (TPSA) is 51.7 Å². The van der Waals surface area contributed by atoms with Gasteiger partial charge >= 0.3 is 5.97 Å². The van der Waals surface area contributed by atoms with Crippen LogP contribution in [0.15, 0.2) is 18.3 Å². The summed E-state index contributed by atoms with van der Waals surface area (Å²) in [6.45, 7) is 2.45. The predicted molar refractivity (Wildman–Crippen MR) is 70.9 cm³/mol. The zero-order valence-electron chi connectivity index (χ0n) is 11.5. The fourth-order valence-electron chi connectivity index (χ4n) is 2.00. The first-order valence-electron chi connectivity index (χ1n) is 6.51. The summed E-state index contributed by atoms with van der Waals surface area (Å²) in [7, 11) is 3.09. The van der Waals surface area contributed by atoms with Gasteiger partial charge < -0.3 is 9.47 Å². The monoisotopic (exact) mass is 264 g/mol. The maximum absolute atomic E-state index is 11.3. The average molecular weight is 264 g/mol. The second kappa shape index (κ2) is 6.63. The van der Waals surface area contributed by atoms with Gasteiger partial charge in [-0.25, -0.2) is 4.79 Å². The minimum atomic E-state index is -0.350. The van der Waals surface area contributed by atoms with Crippen molar-refractivity contribution in [2.75, 3.05) is 27.4 Å². The molecule has 1 aliphatic rings. The fourth-order valence-corrected chi connectivity index (χ4v) is 2.00. The molecule has 0 aliphatic heterocycles. The van der Waals surface area contributed by atoms with Crippen LogP contribution in [0.1, 0.15) is 28.9 Å². The first-order chi connectivity index (χ1) is 9.24. The van der Waals surface area contributed by atoms with E-state index >= 15 is 0 Å². The van der Waals surface area contributed by atoms with Crippen molar-refractivity contribution in [3.63, 3.8) is 0 Å². The third kappa shape index (κ3) is 4.01. The van der Waals surface area contributed by atoms with E-state index in [0.29, 0.717) is 11.6 Å². The van der Waals surface area contributed by atoms with Crippen LogP contribution < -0.4 is 0 Å². The van der Waals surface area contributed by atoms with Gasteiger partial charge in [-0.15, -0.1) is 0 Å². The van der Waals surface area contributed by atoms with Crippen molar-refractivity contribution in [3.05, 3.63) is 29.6 Å². The molecule has 0 N–H and O–H groups in total. The maximum Gasteiger partial charge on any atom is 0.339 e. The van der Waals surface area contributed by atoms with Gasteiger partial charge in [0.2, 0.25) is 0 Å². The van der Waals surface area contributed by atoms with Gasteiger partial charge in [0.1, 0.15) is 0 Å². The summed E-state index contributed by atoms with van der Waals surface area (Å²) in [5, 5.41) is 0. The van der Waals surface area contributed by atoms with Crippen LogP contribution >= 0.6 is 0 Å². The normalized spacial score (nSPS) is 14.7. The average Bonchev–Trinajstić information content (AvgIpc) is 3.28. The van der Waals surface area contributed by atoms with Crippen LogP contribution in [-0.4, -0.2) is 49.3 Å². The fraction of sp³-hybridized carbons (Fsp3) is 0.571. The van der Waals surface area contributed by atoms with Crippen molar-refractivity contribution in [1.29, 1.82) is 0 Å². The van der Waals surface area contributed by atoms with E-state index in [0.717, 1.165) is 25.4 Å². The molecule has 1 saturated carbocycles. The third-order valence-corrected chi connectivity index (χ3v) is 3.26. The van der Waals surface area contributed by atoms with Crippen LogP contribution in [0.4, 0.5) is 0 Å². The lowest BCUT2D eigenvalue weighted by Gasteiger charge is -2.21. The number of ether oxygens (including phenoxy) is 2. The van der Waals surface area contributed by atoms with Crippen LogP contribution in [0.2, 0.25) is 0 Å². The Bertz CT molecular complexity index is 415. The standard InChI is InChI=1S/C14H20N2O3/c1-18-8-7-16(13-5-6-13)10-12-4-3-11(9-15-12)14(17)19-2/h3-4,9,13H,5-8,10H2,1-2H3. The first-order valence-corrected chi connectivity index (χ1v) is 6.51. The molecule has 0 bridgehead atoms. The van der Waals surface area contributed by atoms with Gasteiger partial charge in [0.05, 0.1) is 25.0 Å². The van der Waals surface area contributed by atoms with E-state index in [1.165, 1.54) is 20.0 Å². The molecule has 5 nitrogen and oxygen atoms in total. The molecule has 0 aromatic carbocycles. The molecular formula is C14H20N2O3. The van der Waals surface area contributed by atoms with Crippen LogP contribution in [0.5, 0.6) is 0 Å². The van der Waals surface area contributed by atoms with Gasteiger partial charge in [-0.2, -0.15) is 0 Å². The van der Waals surface area contributed by atoms with E-state index in [-0.39, 0.29) is 5.97 Å². The van der Waals surface area contributed by atoms with Gasteiger partial charge in [-0.3, -0.25) is 9.88 Å². The molecule has 1 aromatic heterocycles.